The van der Waals surface area contributed by atoms with Crippen LogP contribution in [0.4, 0.5) is 5.69 Å². The Morgan fingerprint density at radius 2 is 1.82 bits per heavy atom. The number of anilines is 1. The topological polar surface area (TPSA) is 64.9 Å². The third kappa shape index (κ3) is 1.63. The van der Waals surface area contributed by atoms with E-state index < -0.39 is 0 Å². The van der Waals surface area contributed by atoms with Gasteiger partial charge in [-0.15, -0.1) is 0 Å². The van der Waals surface area contributed by atoms with Gasteiger partial charge in [0.05, 0.1) is 5.56 Å². The van der Waals surface area contributed by atoms with Crippen LogP contribution in [-0.2, 0) is 0 Å². The molecule has 2 N–H and O–H groups in total. The van der Waals surface area contributed by atoms with Crippen LogP contribution in [0.15, 0.2) is 40.9 Å². The van der Waals surface area contributed by atoms with Gasteiger partial charge in [0.25, 0.3) is 5.89 Å². The second-order valence-corrected chi connectivity index (χ2v) is 3.93. The van der Waals surface area contributed by atoms with Gasteiger partial charge in [0.15, 0.2) is 5.82 Å². The predicted molar refractivity (Wildman–Crippen MR) is 66.4 cm³/mol. The molecule has 0 aliphatic rings. The fourth-order valence-corrected chi connectivity index (χ4v) is 1.85. The lowest BCUT2D eigenvalue weighted by Gasteiger charge is -2.03. The first-order valence-corrected chi connectivity index (χ1v) is 5.33. The number of benzene rings is 2. The van der Waals surface area contributed by atoms with Gasteiger partial charge in [0.1, 0.15) is 0 Å². The highest BCUT2D eigenvalue weighted by Gasteiger charge is 2.10. The van der Waals surface area contributed by atoms with E-state index in [1.165, 1.54) is 0 Å². The third-order valence-corrected chi connectivity index (χ3v) is 2.68. The van der Waals surface area contributed by atoms with Gasteiger partial charge in [-0.25, -0.2) is 0 Å². The largest absolute Gasteiger partial charge is 0.398 e. The van der Waals surface area contributed by atoms with Gasteiger partial charge in [0.2, 0.25) is 0 Å². The number of hydrogen-bond donors (Lipinski definition) is 1. The van der Waals surface area contributed by atoms with Gasteiger partial charge >= 0.3 is 0 Å². The maximum Gasteiger partial charge on any atom is 0.260 e. The second kappa shape index (κ2) is 3.59. The van der Waals surface area contributed by atoms with Crippen molar-refractivity contribution in [3.05, 3.63) is 42.2 Å². The summed E-state index contributed by atoms with van der Waals surface area (Å²) in [5.41, 5.74) is 7.43. The minimum atomic E-state index is 0.464. The highest BCUT2D eigenvalue weighted by molar-refractivity contribution is 5.92. The number of nitrogens with two attached hydrogens (primary N) is 1. The van der Waals surface area contributed by atoms with Crippen LogP contribution in [0.1, 0.15) is 5.82 Å². The first-order chi connectivity index (χ1) is 8.24. The Kier molecular flexibility index (Phi) is 2.08. The van der Waals surface area contributed by atoms with E-state index in [4.69, 9.17) is 10.3 Å². The molecule has 0 unspecified atom stereocenters. The van der Waals surface area contributed by atoms with Crippen LogP contribution in [0.25, 0.3) is 22.2 Å². The molecule has 3 aromatic rings. The van der Waals surface area contributed by atoms with E-state index in [0.717, 1.165) is 16.3 Å². The van der Waals surface area contributed by atoms with Crippen molar-refractivity contribution in [3.63, 3.8) is 0 Å². The molecule has 2 aromatic carbocycles. The standard InChI is InChI=1S/C13H11N3O/c1-8-15-13(17-16-8)11-6-9-4-2-3-5-10(9)7-12(11)14/h2-7H,14H2,1H3. The maximum absolute atomic E-state index is 6.00. The summed E-state index contributed by atoms with van der Waals surface area (Å²) in [7, 11) is 0. The molecule has 0 aliphatic carbocycles. The molecule has 84 valence electrons. The van der Waals surface area contributed by atoms with E-state index in [2.05, 4.69) is 10.1 Å². The van der Waals surface area contributed by atoms with Crippen molar-refractivity contribution < 1.29 is 4.52 Å². The first kappa shape index (κ1) is 9.84. The number of aromatic nitrogens is 2. The van der Waals surface area contributed by atoms with Crippen molar-refractivity contribution in [3.8, 4) is 11.5 Å². The zero-order valence-corrected chi connectivity index (χ0v) is 9.34. The van der Waals surface area contributed by atoms with Crippen LogP contribution < -0.4 is 5.73 Å². The molecule has 17 heavy (non-hydrogen) atoms. The van der Waals surface area contributed by atoms with Gasteiger partial charge in [-0.3, -0.25) is 0 Å². The highest BCUT2D eigenvalue weighted by Crippen LogP contribution is 2.29. The van der Waals surface area contributed by atoms with Gasteiger partial charge in [0, 0.05) is 5.69 Å². The van der Waals surface area contributed by atoms with E-state index in [-0.39, 0.29) is 0 Å². The molecule has 4 nitrogen and oxygen atoms in total. The molecule has 0 atom stereocenters. The van der Waals surface area contributed by atoms with Crippen molar-refractivity contribution in [2.45, 2.75) is 6.92 Å². The van der Waals surface area contributed by atoms with Crippen molar-refractivity contribution in [1.82, 2.24) is 10.1 Å². The molecule has 0 bridgehead atoms. The van der Waals surface area contributed by atoms with E-state index in [1.54, 1.807) is 6.92 Å². The maximum atomic E-state index is 6.00. The zero-order valence-electron chi connectivity index (χ0n) is 9.34. The molecule has 0 saturated carbocycles. The quantitative estimate of drug-likeness (QED) is 0.647. The molecular formula is C13H11N3O. The molecule has 0 amide bonds. The van der Waals surface area contributed by atoms with Gasteiger partial charge in [-0.1, -0.05) is 29.4 Å². The van der Waals surface area contributed by atoms with Crippen LogP contribution in [0.3, 0.4) is 0 Å². The molecule has 1 aromatic heterocycles. The Hall–Kier alpha value is -2.36. The minimum Gasteiger partial charge on any atom is -0.398 e. The summed E-state index contributed by atoms with van der Waals surface area (Å²) in [5, 5.41) is 5.98. The average Bonchev–Trinajstić information content (AvgIpc) is 2.75. The molecular weight excluding hydrogens is 214 g/mol. The van der Waals surface area contributed by atoms with E-state index in [9.17, 15) is 0 Å². The van der Waals surface area contributed by atoms with Crippen molar-refractivity contribution in [2.24, 2.45) is 0 Å². The lowest BCUT2D eigenvalue weighted by atomic mass is 10.1. The molecule has 0 aliphatic heterocycles. The fourth-order valence-electron chi connectivity index (χ4n) is 1.85. The van der Waals surface area contributed by atoms with Crippen LogP contribution in [-0.4, -0.2) is 10.1 Å². The Labute approximate surface area is 98.1 Å². The monoisotopic (exact) mass is 225 g/mol. The fraction of sp³-hybridized carbons (Fsp3) is 0.0769. The molecule has 0 spiro atoms. The van der Waals surface area contributed by atoms with Gasteiger partial charge < -0.3 is 10.3 Å². The molecule has 0 saturated heterocycles. The van der Waals surface area contributed by atoms with Crippen LogP contribution in [0.5, 0.6) is 0 Å². The molecule has 4 heteroatoms. The summed E-state index contributed by atoms with van der Waals surface area (Å²) in [4.78, 5) is 4.19. The average molecular weight is 225 g/mol. The summed E-state index contributed by atoms with van der Waals surface area (Å²) in [6.45, 7) is 1.78. The summed E-state index contributed by atoms with van der Waals surface area (Å²) in [5.74, 6) is 1.07. The lowest BCUT2D eigenvalue weighted by molar-refractivity contribution is 0.426. The van der Waals surface area contributed by atoms with Crippen molar-refractivity contribution in [2.75, 3.05) is 5.73 Å². The highest BCUT2D eigenvalue weighted by atomic mass is 16.5. The number of rotatable bonds is 1. The Morgan fingerprint density at radius 3 is 2.47 bits per heavy atom. The van der Waals surface area contributed by atoms with Crippen molar-refractivity contribution in [1.29, 1.82) is 0 Å². The predicted octanol–water partition coefficient (Wildman–Crippen LogP) is 2.78. The van der Waals surface area contributed by atoms with Crippen LogP contribution >= 0.6 is 0 Å². The van der Waals surface area contributed by atoms with E-state index in [1.807, 2.05) is 36.4 Å². The number of hydrogen-bond acceptors (Lipinski definition) is 4. The van der Waals surface area contributed by atoms with E-state index >= 15 is 0 Å². The third-order valence-electron chi connectivity index (χ3n) is 2.68. The molecule has 0 radical (unpaired) electrons. The summed E-state index contributed by atoms with van der Waals surface area (Å²) in [6.07, 6.45) is 0. The smallest absolute Gasteiger partial charge is 0.260 e. The lowest BCUT2D eigenvalue weighted by Crippen LogP contribution is -1.90. The van der Waals surface area contributed by atoms with Crippen molar-refractivity contribution >= 4 is 16.5 Å². The summed E-state index contributed by atoms with van der Waals surface area (Å²) >= 11 is 0. The summed E-state index contributed by atoms with van der Waals surface area (Å²) in [6, 6.07) is 11.9. The van der Waals surface area contributed by atoms with E-state index in [0.29, 0.717) is 17.4 Å². The van der Waals surface area contributed by atoms with Crippen LogP contribution in [0, 0.1) is 6.92 Å². The molecule has 3 rings (SSSR count). The molecule has 0 fully saturated rings. The SMILES string of the molecule is Cc1noc(-c2cc3ccccc3cc2N)n1. The Bertz CT molecular complexity index is 688. The number of aryl methyl sites for hydroxylation is 1. The normalized spacial score (nSPS) is 10.9. The van der Waals surface area contributed by atoms with Gasteiger partial charge in [-0.05, 0) is 29.8 Å². The number of fused-ring (bicyclic) bond motifs is 1. The first-order valence-electron chi connectivity index (χ1n) is 5.33. The number of nitrogen functional groups attached to an aromatic ring is 1. The zero-order chi connectivity index (χ0) is 11.8. The second-order valence-electron chi connectivity index (χ2n) is 3.93. The Morgan fingerprint density at radius 1 is 1.12 bits per heavy atom. The Balaban J connectivity index is 2.26. The van der Waals surface area contributed by atoms with Gasteiger partial charge in [-0.2, -0.15) is 4.98 Å². The molecule has 1 heterocycles. The van der Waals surface area contributed by atoms with Crippen LogP contribution in [0.2, 0.25) is 0 Å². The number of nitrogens with zero attached hydrogens (tertiary/aromatic N) is 2. The summed E-state index contributed by atoms with van der Waals surface area (Å²) < 4.78 is 5.14. The minimum absolute atomic E-state index is 0.464.